The largest absolute Gasteiger partial charge is 0.394 e. The second kappa shape index (κ2) is 13.3. The Hall–Kier alpha value is -3.65. The van der Waals surface area contributed by atoms with Crippen molar-refractivity contribution in [2.24, 2.45) is 0 Å². The third-order valence-corrected chi connectivity index (χ3v) is 9.16. The number of likely N-dealkylation sites (N-methyl/N-ethyl adjacent to an activating group) is 1. The summed E-state index contributed by atoms with van der Waals surface area (Å²) >= 11 is 6.62. The monoisotopic (exact) mass is 635 g/mol. The van der Waals surface area contributed by atoms with Gasteiger partial charge in [-0.15, -0.1) is 0 Å². The summed E-state index contributed by atoms with van der Waals surface area (Å²) < 4.78 is 55.9. The molecule has 0 saturated carbocycles. The summed E-state index contributed by atoms with van der Waals surface area (Å²) in [5.41, 5.74) is 1.72. The average Bonchev–Trinajstić information content (AvgIpc) is 2.97. The molecule has 1 atom stereocenters. The predicted octanol–water partition coefficient (Wildman–Crippen LogP) is 3.81. The summed E-state index contributed by atoms with van der Waals surface area (Å²) in [6.45, 7) is 1.55. The number of sulfonamides is 1. The molecule has 0 bridgehead atoms. The zero-order chi connectivity index (χ0) is 31.5. The number of aryl methyl sites for hydroxylation is 1. The van der Waals surface area contributed by atoms with Gasteiger partial charge >= 0.3 is 0 Å². The van der Waals surface area contributed by atoms with Gasteiger partial charge in [0.05, 0.1) is 17.9 Å². The lowest BCUT2D eigenvalue weighted by molar-refractivity contribution is -0.131. The molecule has 3 N–H and O–H groups in total. The van der Waals surface area contributed by atoms with Crippen molar-refractivity contribution in [1.29, 1.82) is 0 Å². The molecule has 0 radical (unpaired) electrons. The Labute approximate surface area is 253 Å². The highest BCUT2D eigenvalue weighted by molar-refractivity contribution is 7.89. The van der Waals surface area contributed by atoms with Crippen molar-refractivity contribution in [3.63, 3.8) is 0 Å². The summed E-state index contributed by atoms with van der Waals surface area (Å²) in [6.07, 6.45) is 2.33. The van der Waals surface area contributed by atoms with Crippen LogP contribution >= 0.6 is 11.6 Å². The number of hydrogen-bond acceptors (Lipinski definition) is 7. The molecule has 2 aromatic carbocycles. The molecule has 10 nitrogen and oxygen atoms in total. The van der Waals surface area contributed by atoms with Gasteiger partial charge in [-0.2, -0.15) is 4.72 Å². The Morgan fingerprint density at radius 1 is 1.12 bits per heavy atom. The van der Waals surface area contributed by atoms with Crippen molar-refractivity contribution in [2.75, 3.05) is 39.1 Å². The number of amides is 2. The molecule has 1 fully saturated rings. The molecule has 1 aromatic heterocycles. The molecule has 2 heterocycles. The number of hydrogen-bond donors (Lipinski definition) is 3. The lowest BCUT2D eigenvalue weighted by atomic mass is 9.89. The van der Waals surface area contributed by atoms with Crippen LogP contribution < -0.4 is 10.0 Å². The first-order valence-electron chi connectivity index (χ1n) is 13.4. The van der Waals surface area contributed by atoms with Gasteiger partial charge in [0.2, 0.25) is 5.91 Å². The van der Waals surface area contributed by atoms with Crippen LogP contribution in [0.1, 0.15) is 40.2 Å². The molecule has 1 aliphatic rings. The molecular weight excluding hydrogens is 604 g/mol. The van der Waals surface area contributed by atoms with E-state index in [1.165, 1.54) is 44.4 Å². The van der Waals surface area contributed by atoms with E-state index in [1.807, 2.05) is 0 Å². The van der Waals surface area contributed by atoms with Crippen molar-refractivity contribution < 1.29 is 31.9 Å². The number of likely N-dealkylation sites (tertiary alicyclic amines) is 1. The van der Waals surface area contributed by atoms with Crippen molar-refractivity contribution >= 4 is 44.8 Å². The molecule has 0 spiro atoms. The van der Waals surface area contributed by atoms with E-state index in [2.05, 4.69) is 15.0 Å². The number of benzene rings is 2. The number of anilines is 2. The maximum absolute atomic E-state index is 13.8. The fourth-order valence-electron chi connectivity index (χ4n) is 4.89. The molecule has 2 amide bonds. The van der Waals surface area contributed by atoms with Crippen LogP contribution in [-0.4, -0.2) is 80.0 Å². The van der Waals surface area contributed by atoms with Crippen molar-refractivity contribution in [2.45, 2.75) is 36.8 Å². The smallest absolute Gasteiger partial charge is 0.260 e. The van der Waals surface area contributed by atoms with Gasteiger partial charge in [0.1, 0.15) is 22.7 Å². The minimum atomic E-state index is -4.57. The zero-order valence-electron chi connectivity index (χ0n) is 23.8. The molecule has 0 aliphatic carbocycles. The predicted molar refractivity (Wildman–Crippen MR) is 158 cm³/mol. The third kappa shape index (κ3) is 7.29. The molecule has 1 aliphatic heterocycles. The van der Waals surface area contributed by atoms with Crippen molar-refractivity contribution in [1.82, 2.24) is 19.5 Å². The van der Waals surface area contributed by atoms with Gasteiger partial charge in [0, 0.05) is 39.1 Å². The summed E-state index contributed by atoms with van der Waals surface area (Å²) in [6, 6.07) is 8.65. The topological polar surface area (TPSA) is 132 Å². The van der Waals surface area contributed by atoms with Crippen LogP contribution in [0.5, 0.6) is 0 Å². The van der Waals surface area contributed by atoms with Crippen LogP contribution in [-0.2, 0) is 14.8 Å². The van der Waals surface area contributed by atoms with E-state index in [0.717, 1.165) is 16.7 Å². The van der Waals surface area contributed by atoms with E-state index >= 15 is 0 Å². The van der Waals surface area contributed by atoms with Crippen LogP contribution in [0.25, 0.3) is 0 Å². The molecule has 1 unspecified atom stereocenters. The van der Waals surface area contributed by atoms with E-state index in [-0.39, 0.29) is 23.0 Å². The first-order chi connectivity index (χ1) is 20.3. The van der Waals surface area contributed by atoms with Crippen molar-refractivity contribution in [3.8, 4) is 0 Å². The van der Waals surface area contributed by atoms with E-state index in [0.29, 0.717) is 37.2 Å². The van der Waals surface area contributed by atoms with Crippen LogP contribution in [0.4, 0.5) is 20.2 Å². The minimum Gasteiger partial charge on any atom is -0.394 e. The Morgan fingerprint density at radius 3 is 2.33 bits per heavy atom. The Kier molecular flexibility index (Phi) is 10.0. The SMILES string of the molecule is Cc1cc(F)ccc1Nc1c(C(=O)N2CCC(c3ccc(F)cc3)CC2)cnc(S(=O)(=O)NC(CO)C(=O)N(C)C)c1Cl. The standard InChI is InChI=1S/C29H32ClF2N5O5S/c1-17-14-21(32)8-9-23(17)34-26-22(28(39)37-12-10-19(11-13-37)18-4-6-20(31)7-5-18)15-33-27(25(26)30)43(41,42)35-24(16-38)29(40)36(2)3/h4-9,14-15,19,24,35,38H,10-13,16H2,1-3H3,(H,33,34). The van der Waals surface area contributed by atoms with Gasteiger partial charge in [-0.05, 0) is 67.1 Å². The highest BCUT2D eigenvalue weighted by Crippen LogP contribution is 2.36. The third-order valence-electron chi connectivity index (χ3n) is 7.26. The van der Waals surface area contributed by atoms with Crippen LogP contribution in [0.3, 0.4) is 0 Å². The second-order valence-electron chi connectivity index (χ2n) is 10.5. The average molecular weight is 636 g/mol. The first kappa shape index (κ1) is 32.3. The lowest BCUT2D eigenvalue weighted by Crippen LogP contribution is -2.48. The number of nitrogens with one attached hydrogen (secondary N) is 2. The number of aliphatic hydroxyl groups is 1. The van der Waals surface area contributed by atoms with E-state index < -0.39 is 50.4 Å². The Bertz CT molecular complexity index is 1610. The maximum atomic E-state index is 13.8. The maximum Gasteiger partial charge on any atom is 0.260 e. The fourth-order valence-corrected chi connectivity index (χ4v) is 6.58. The lowest BCUT2D eigenvalue weighted by Gasteiger charge is -2.33. The van der Waals surface area contributed by atoms with Crippen LogP contribution in [0, 0.1) is 18.6 Å². The number of pyridine rings is 1. The normalized spacial score (nSPS) is 14.8. The second-order valence-corrected chi connectivity index (χ2v) is 12.5. The first-order valence-corrected chi connectivity index (χ1v) is 15.3. The highest BCUT2D eigenvalue weighted by Gasteiger charge is 2.33. The molecule has 43 heavy (non-hydrogen) atoms. The number of carbonyl (C=O) groups is 2. The number of aromatic nitrogens is 1. The molecule has 1 saturated heterocycles. The fraction of sp³-hybridized carbons (Fsp3) is 0.345. The summed E-state index contributed by atoms with van der Waals surface area (Å²) in [4.78, 5) is 32.8. The molecule has 4 rings (SSSR count). The van der Waals surface area contributed by atoms with Gasteiger partial charge in [-0.3, -0.25) is 9.59 Å². The van der Waals surface area contributed by atoms with E-state index in [9.17, 15) is 31.9 Å². The quantitative estimate of drug-likeness (QED) is 0.326. The molecule has 3 aromatic rings. The van der Waals surface area contributed by atoms with Gasteiger partial charge in [-0.1, -0.05) is 23.7 Å². The highest BCUT2D eigenvalue weighted by atomic mass is 35.5. The van der Waals surface area contributed by atoms with E-state index in [4.69, 9.17) is 11.6 Å². The number of rotatable bonds is 9. The number of nitrogens with zero attached hydrogens (tertiary/aromatic N) is 3. The van der Waals surface area contributed by atoms with Crippen LogP contribution in [0.15, 0.2) is 53.7 Å². The molecule has 230 valence electrons. The number of carbonyl (C=O) groups excluding carboxylic acids is 2. The number of piperidine rings is 1. The van der Waals surface area contributed by atoms with Gasteiger partial charge in [0.15, 0.2) is 5.03 Å². The van der Waals surface area contributed by atoms with Gasteiger partial charge in [0.25, 0.3) is 15.9 Å². The minimum absolute atomic E-state index is 0.0176. The molecular formula is C29H32ClF2N5O5S. The van der Waals surface area contributed by atoms with Gasteiger partial charge < -0.3 is 20.2 Å². The summed E-state index contributed by atoms with van der Waals surface area (Å²) in [5, 5.41) is 11.5. The Morgan fingerprint density at radius 2 is 1.74 bits per heavy atom. The zero-order valence-corrected chi connectivity index (χ0v) is 25.3. The summed E-state index contributed by atoms with van der Waals surface area (Å²) in [5.74, 6) is -1.83. The number of halogens is 3. The summed E-state index contributed by atoms with van der Waals surface area (Å²) in [7, 11) is -1.77. The number of aliphatic hydroxyl groups excluding tert-OH is 1. The van der Waals surface area contributed by atoms with E-state index in [1.54, 1.807) is 24.0 Å². The van der Waals surface area contributed by atoms with Crippen LogP contribution in [0.2, 0.25) is 5.02 Å². The Balaban J connectivity index is 1.68. The molecule has 14 heteroatoms. The van der Waals surface area contributed by atoms with Gasteiger partial charge in [-0.25, -0.2) is 22.2 Å². The van der Waals surface area contributed by atoms with Crippen molar-refractivity contribution in [3.05, 3.63) is 82.0 Å².